The molecule has 0 heterocycles. The monoisotopic (exact) mass is 369 g/mol. The molecule has 7 nitrogen and oxygen atoms in total. The number of hydrogen-bond donors (Lipinski definition) is 3. The van der Waals surface area contributed by atoms with Crippen LogP contribution >= 0.6 is 0 Å². The van der Waals surface area contributed by atoms with Crippen molar-refractivity contribution in [1.82, 2.24) is 16.0 Å². The first kappa shape index (κ1) is 23.0. The average molecular weight is 369 g/mol. The second-order valence-electron chi connectivity index (χ2n) is 5.85. The Morgan fingerprint density at radius 3 is 2.12 bits per heavy atom. The van der Waals surface area contributed by atoms with Gasteiger partial charge in [0.05, 0.1) is 6.61 Å². The minimum atomic E-state index is -5.30. The molecule has 25 heavy (non-hydrogen) atoms. The van der Waals surface area contributed by atoms with Gasteiger partial charge in [-0.1, -0.05) is 27.2 Å². The highest BCUT2D eigenvalue weighted by molar-refractivity contribution is 5.92. The molecule has 0 unspecified atom stereocenters. The highest BCUT2D eigenvalue weighted by atomic mass is 19.4. The quantitative estimate of drug-likeness (QED) is 0.428. The Balaban J connectivity index is 5.58. The second kappa shape index (κ2) is 10.1. The number of carbonyl (C=O) groups excluding carboxylic acids is 3. The Morgan fingerprint density at radius 1 is 1.08 bits per heavy atom. The lowest BCUT2D eigenvalue weighted by Crippen LogP contribution is -2.74. The van der Waals surface area contributed by atoms with Gasteiger partial charge in [0.25, 0.3) is 0 Å². The summed E-state index contributed by atoms with van der Waals surface area (Å²) in [6.45, 7) is 6.30. The zero-order valence-electron chi connectivity index (χ0n) is 14.9. The Labute approximate surface area is 145 Å². The first-order valence-electron chi connectivity index (χ1n) is 8.11. The van der Waals surface area contributed by atoms with Gasteiger partial charge in [-0.2, -0.15) is 13.2 Å². The standard InChI is InChI=1S/C15H26F3N3O4/c1-5-7-8-11(22)20-14(15(16,17)18,12(23)25-6-2)21-13(24)19-9-10(3)4/h10H,5-9H2,1-4H3,(H,20,22)(H2,19,21,24)/t14-/m1/s1. The largest absolute Gasteiger partial charge is 0.463 e. The van der Waals surface area contributed by atoms with Crippen molar-refractivity contribution in [2.45, 2.75) is 58.8 Å². The first-order chi connectivity index (χ1) is 11.5. The van der Waals surface area contributed by atoms with Crippen molar-refractivity contribution in [2.75, 3.05) is 13.2 Å². The molecule has 0 aliphatic carbocycles. The number of rotatable bonds is 9. The average Bonchev–Trinajstić information content (AvgIpc) is 2.49. The molecule has 0 fully saturated rings. The van der Waals surface area contributed by atoms with Gasteiger partial charge < -0.3 is 15.4 Å². The zero-order chi connectivity index (χ0) is 19.7. The third-order valence-electron chi connectivity index (χ3n) is 3.06. The third kappa shape index (κ3) is 7.18. The van der Waals surface area contributed by atoms with E-state index in [0.717, 1.165) is 0 Å². The van der Waals surface area contributed by atoms with E-state index in [2.05, 4.69) is 10.1 Å². The van der Waals surface area contributed by atoms with Gasteiger partial charge >= 0.3 is 23.8 Å². The summed E-state index contributed by atoms with van der Waals surface area (Å²) in [5, 5.41) is 5.35. The van der Waals surface area contributed by atoms with E-state index in [1.807, 2.05) is 0 Å². The molecular formula is C15H26F3N3O4. The molecule has 3 amide bonds. The van der Waals surface area contributed by atoms with Crippen LogP contribution in [0.2, 0.25) is 0 Å². The summed E-state index contributed by atoms with van der Waals surface area (Å²) in [5.41, 5.74) is -3.64. The fourth-order valence-corrected chi connectivity index (χ4v) is 1.75. The molecule has 10 heteroatoms. The minimum Gasteiger partial charge on any atom is -0.463 e. The summed E-state index contributed by atoms with van der Waals surface area (Å²) < 4.78 is 45.3. The lowest BCUT2D eigenvalue weighted by Gasteiger charge is -2.34. The Morgan fingerprint density at radius 2 is 1.68 bits per heavy atom. The van der Waals surface area contributed by atoms with E-state index in [9.17, 15) is 27.6 Å². The van der Waals surface area contributed by atoms with Crippen molar-refractivity contribution in [3.05, 3.63) is 0 Å². The second-order valence-corrected chi connectivity index (χ2v) is 5.85. The topological polar surface area (TPSA) is 96.5 Å². The summed E-state index contributed by atoms with van der Waals surface area (Å²) in [6.07, 6.45) is -4.60. The molecule has 0 aromatic rings. The number of urea groups is 1. The maximum absolute atomic E-state index is 13.6. The predicted molar refractivity (Wildman–Crippen MR) is 84.5 cm³/mol. The van der Waals surface area contributed by atoms with Gasteiger partial charge in [0.1, 0.15) is 0 Å². The van der Waals surface area contributed by atoms with Crippen molar-refractivity contribution < 1.29 is 32.3 Å². The normalized spacial score (nSPS) is 13.8. The van der Waals surface area contributed by atoms with Crippen molar-refractivity contribution in [3.8, 4) is 0 Å². The lowest BCUT2D eigenvalue weighted by atomic mass is 10.1. The van der Waals surface area contributed by atoms with Crippen LogP contribution in [0.1, 0.15) is 47.0 Å². The van der Waals surface area contributed by atoms with Gasteiger partial charge in [-0.3, -0.25) is 10.1 Å². The molecule has 146 valence electrons. The van der Waals surface area contributed by atoms with E-state index >= 15 is 0 Å². The summed E-state index contributed by atoms with van der Waals surface area (Å²) in [6, 6.07) is -1.24. The highest BCUT2D eigenvalue weighted by Crippen LogP contribution is 2.30. The number of unbranched alkanes of at least 4 members (excludes halogenated alkanes) is 1. The number of alkyl halides is 3. The van der Waals surface area contributed by atoms with Crippen LogP contribution in [-0.2, 0) is 14.3 Å². The molecule has 0 bridgehead atoms. The number of halogens is 3. The van der Waals surface area contributed by atoms with Crippen molar-refractivity contribution >= 4 is 17.9 Å². The minimum absolute atomic E-state index is 0.0206. The van der Waals surface area contributed by atoms with E-state index < -0.39 is 29.7 Å². The molecule has 0 aliphatic rings. The summed E-state index contributed by atoms with van der Waals surface area (Å²) in [7, 11) is 0. The van der Waals surface area contributed by atoms with E-state index in [0.29, 0.717) is 12.8 Å². The number of nitrogens with one attached hydrogen (secondary N) is 3. The fraction of sp³-hybridized carbons (Fsp3) is 0.800. The molecule has 0 saturated heterocycles. The molecule has 0 saturated carbocycles. The molecule has 0 aliphatic heterocycles. The molecule has 0 radical (unpaired) electrons. The Kier molecular flexibility index (Phi) is 9.29. The van der Waals surface area contributed by atoms with Crippen LogP contribution < -0.4 is 16.0 Å². The molecule has 0 aromatic heterocycles. The fourth-order valence-electron chi connectivity index (χ4n) is 1.75. The SMILES string of the molecule is CCCCC(=O)N[C@@](NC(=O)NCC(C)C)(C(=O)OCC)C(F)(F)F. The number of esters is 1. The van der Waals surface area contributed by atoms with Crippen molar-refractivity contribution in [2.24, 2.45) is 5.92 Å². The number of carbonyl (C=O) groups is 3. The molecule has 0 spiro atoms. The van der Waals surface area contributed by atoms with Crippen LogP contribution in [0.3, 0.4) is 0 Å². The summed E-state index contributed by atoms with van der Waals surface area (Å²) in [5.74, 6) is -2.84. The maximum atomic E-state index is 13.6. The van der Waals surface area contributed by atoms with Gasteiger partial charge in [0, 0.05) is 13.0 Å². The van der Waals surface area contributed by atoms with Crippen LogP contribution in [-0.4, -0.2) is 42.9 Å². The molecule has 0 aromatic carbocycles. The van der Waals surface area contributed by atoms with Crippen LogP contribution in [0.25, 0.3) is 0 Å². The smallest absolute Gasteiger partial charge is 0.442 e. The van der Waals surface area contributed by atoms with E-state index in [-0.39, 0.29) is 25.5 Å². The predicted octanol–water partition coefficient (Wildman–Crippen LogP) is 2.07. The van der Waals surface area contributed by atoms with Crippen LogP contribution in [0, 0.1) is 5.92 Å². The van der Waals surface area contributed by atoms with Gasteiger partial charge in [-0.15, -0.1) is 0 Å². The van der Waals surface area contributed by atoms with Gasteiger partial charge in [0.2, 0.25) is 5.91 Å². The van der Waals surface area contributed by atoms with Crippen LogP contribution in [0.5, 0.6) is 0 Å². The van der Waals surface area contributed by atoms with E-state index in [4.69, 9.17) is 0 Å². The van der Waals surface area contributed by atoms with Crippen molar-refractivity contribution in [1.29, 1.82) is 0 Å². The molecule has 0 rings (SSSR count). The third-order valence-corrected chi connectivity index (χ3v) is 3.06. The Hall–Kier alpha value is -2.00. The summed E-state index contributed by atoms with van der Waals surface area (Å²) in [4.78, 5) is 35.7. The molecule has 1 atom stereocenters. The highest BCUT2D eigenvalue weighted by Gasteiger charge is 2.64. The molecular weight excluding hydrogens is 343 g/mol. The van der Waals surface area contributed by atoms with Crippen LogP contribution in [0.15, 0.2) is 0 Å². The van der Waals surface area contributed by atoms with Crippen LogP contribution in [0.4, 0.5) is 18.0 Å². The number of ether oxygens (including phenoxy) is 1. The lowest BCUT2D eigenvalue weighted by molar-refractivity contribution is -0.218. The maximum Gasteiger partial charge on any atom is 0.442 e. The summed E-state index contributed by atoms with van der Waals surface area (Å²) >= 11 is 0. The first-order valence-corrected chi connectivity index (χ1v) is 8.11. The van der Waals surface area contributed by atoms with Gasteiger partial charge in [-0.05, 0) is 19.3 Å². The Bertz CT molecular complexity index is 469. The number of hydrogen-bond acceptors (Lipinski definition) is 4. The number of amides is 3. The molecule has 3 N–H and O–H groups in total. The van der Waals surface area contributed by atoms with Gasteiger partial charge in [0.15, 0.2) is 0 Å². The van der Waals surface area contributed by atoms with Gasteiger partial charge in [-0.25, -0.2) is 9.59 Å². The zero-order valence-corrected chi connectivity index (χ0v) is 14.9. The van der Waals surface area contributed by atoms with Crippen molar-refractivity contribution in [3.63, 3.8) is 0 Å². The van der Waals surface area contributed by atoms with E-state index in [1.54, 1.807) is 26.1 Å². The van der Waals surface area contributed by atoms with E-state index in [1.165, 1.54) is 12.2 Å².